The van der Waals surface area contributed by atoms with Crippen LogP contribution < -0.4 is 0 Å². The van der Waals surface area contributed by atoms with Crippen molar-refractivity contribution >= 4 is 36.5 Å². The van der Waals surface area contributed by atoms with E-state index in [-0.39, 0.29) is 19.8 Å². The summed E-state index contributed by atoms with van der Waals surface area (Å²) in [6, 6.07) is 11.0. The molecule has 2 aromatic carbocycles. The first kappa shape index (κ1) is 11.9. The molecule has 0 spiro atoms. The van der Waals surface area contributed by atoms with E-state index in [2.05, 4.69) is 0 Å². The first-order valence-corrected chi connectivity index (χ1v) is 4.42. The SMILES string of the molecule is Cc1cccc2c(C(=O)O)cccc12.[GaH3]. The van der Waals surface area contributed by atoms with Gasteiger partial charge in [0.15, 0.2) is 0 Å². The third-order valence-electron chi connectivity index (χ3n) is 2.37. The molecule has 0 amide bonds. The van der Waals surface area contributed by atoms with Gasteiger partial charge in [0.25, 0.3) is 0 Å². The summed E-state index contributed by atoms with van der Waals surface area (Å²) in [5.41, 5.74) is 1.47. The van der Waals surface area contributed by atoms with E-state index in [1.165, 1.54) is 0 Å². The van der Waals surface area contributed by atoms with E-state index in [1.54, 1.807) is 12.1 Å². The van der Waals surface area contributed by atoms with Gasteiger partial charge in [-0.3, -0.25) is 0 Å². The van der Waals surface area contributed by atoms with Crippen molar-refractivity contribution in [2.75, 3.05) is 0 Å². The first-order valence-electron chi connectivity index (χ1n) is 4.42. The van der Waals surface area contributed by atoms with Crippen LogP contribution in [0.1, 0.15) is 15.9 Å². The second-order valence-corrected chi connectivity index (χ2v) is 3.28. The molecule has 2 aromatic rings. The van der Waals surface area contributed by atoms with Crippen molar-refractivity contribution in [2.45, 2.75) is 6.92 Å². The van der Waals surface area contributed by atoms with Crippen LogP contribution in [0, 0.1) is 6.92 Å². The number of hydrogen-bond donors (Lipinski definition) is 1. The van der Waals surface area contributed by atoms with E-state index in [0.717, 1.165) is 16.3 Å². The van der Waals surface area contributed by atoms with E-state index < -0.39 is 5.97 Å². The fraction of sp³-hybridized carbons (Fsp3) is 0.0833. The molecule has 0 aromatic heterocycles. The van der Waals surface area contributed by atoms with Crippen LogP contribution in [0.5, 0.6) is 0 Å². The molecule has 76 valence electrons. The van der Waals surface area contributed by atoms with Gasteiger partial charge in [0, 0.05) is 0 Å². The summed E-state index contributed by atoms with van der Waals surface area (Å²) in [6.45, 7) is 1.98. The molecule has 0 unspecified atom stereocenters. The monoisotopic (exact) mass is 258 g/mol. The van der Waals surface area contributed by atoms with Crippen LogP contribution in [0.3, 0.4) is 0 Å². The number of hydrogen-bond acceptors (Lipinski definition) is 1. The molecule has 0 fully saturated rings. The minimum absolute atomic E-state index is 0. The number of carboxylic acid groups (broad SMARTS) is 1. The van der Waals surface area contributed by atoms with Gasteiger partial charge >= 0.3 is 25.8 Å². The number of fused-ring (bicyclic) bond motifs is 1. The Hall–Kier alpha value is -1.19. The van der Waals surface area contributed by atoms with Gasteiger partial charge < -0.3 is 5.11 Å². The van der Waals surface area contributed by atoms with Crippen molar-refractivity contribution in [1.82, 2.24) is 0 Å². The Bertz CT molecular complexity index is 506. The number of carboxylic acids is 1. The summed E-state index contributed by atoms with van der Waals surface area (Å²) in [5, 5.41) is 10.8. The zero-order valence-corrected chi connectivity index (χ0v) is 7.82. The van der Waals surface area contributed by atoms with E-state index in [4.69, 9.17) is 5.11 Å². The predicted molar refractivity (Wildman–Crippen MR) is 65.6 cm³/mol. The molecule has 2 nitrogen and oxygen atoms in total. The molecule has 0 heterocycles. The van der Waals surface area contributed by atoms with E-state index in [0.29, 0.717) is 5.56 Å². The average molecular weight is 259 g/mol. The van der Waals surface area contributed by atoms with Crippen LogP contribution in [0.4, 0.5) is 0 Å². The normalized spacial score (nSPS) is 9.67. The Morgan fingerprint density at radius 3 is 2.33 bits per heavy atom. The number of aromatic carboxylic acids is 1. The summed E-state index contributed by atoms with van der Waals surface area (Å²) in [6.07, 6.45) is 0. The van der Waals surface area contributed by atoms with Gasteiger partial charge in [-0.1, -0.05) is 30.3 Å². The third kappa shape index (κ3) is 2.08. The number of carbonyl (C=O) groups is 1. The fourth-order valence-electron chi connectivity index (χ4n) is 1.65. The predicted octanol–water partition coefficient (Wildman–Crippen LogP) is 1.66. The Morgan fingerprint density at radius 1 is 1.07 bits per heavy atom. The van der Waals surface area contributed by atoms with Crippen molar-refractivity contribution in [3.05, 3.63) is 47.5 Å². The van der Waals surface area contributed by atoms with Crippen molar-refractivity contribution in [3.63, 3.8) is 0 Å². The van der Waals surface area contributed by atoms with Crippen LogP contribution in [-0.2, 0) is 0 Å². The van der Waals surface area contributed by atoms with Gasteiger partial charge in [-0.2, -0.15) is 0 Å². The zero-order chi connectivity index (χ0) is 10.1. The molecule has 0 aliphatic carbocycles. The van der Waals surface area contributed by atoms with Gasteiger partial charge in [-0.15, -0.1) is 0 Å². The van der Waals surface area contributed by atoms with Crippen molar-refractivity contribution in [2.24, 2.45) is 0 Å². The number of benzene rings is 2. The molecule has 3 heteroatoms. The van der Waals surface area contributed by atoms with Crippen LogP contribution in [0.25, 0.3) is 10.8 Å². The van der Waals surface area contributed by atoms with Crippen LogP contribution in [0.2, 0.25) is 0 Å². The van der Waals surface area contributed by atoms with Crippen molar-refractivity contribution in [3.8, 4) is 0 Å². The average Bonchev–Trinajstić information content (AvgIpc) is 2.17. The molecule has 0 saturated carbocycles. The Kier molecular flexibility index (Phi) is 3.60. The number of aryl methyl sites for hydroxylation is 1. The van der Waals surface area contributed by atoms with Gasteiger partial charge in [0.2, 0.25) is 0 Å². The molecule has 0 radical (unpaired) electrons. The molecule has 0 atom stereocenters. The van der Waals surface area contributed by atoms with Gasteiger partial charge in [-0.25, -0.2) is 4.79 Å². The van der Waals surface area contributed by atoms with Crippen molar-refractivity contribution < 1.29 is 9.90 Å². The Balaban J connectivity index is 0.00000112. The molecule has 0 saturated heterocycles. The van der Waals surface area contributed by atoms with Gasteiger partial charge in [0.05, 0.1) is 5.56 Å². The summed E-state index contributed by atoms with van der Waals surface area (Å²) in [7, 11) is 0. The van der Waals surface area contributed by atoms with Crippen molar-refractivity contribution in [1.29, 1.82) is 0 Å². The van der Waals surface area contributed by atoms with E-state index in [9.17, 15) is 4.79 Å². The summed E-state index contributed by atoms with van der Waals surface area (Å²) in [4.78, 5) is 10.9. The van der Waals surface area contributed by atoms with Crippen LogP contribution in [0.15, 0.2) is 36.4 Å². The van der Waals surface area contributed by atoms with Gasteiger partial charge in [0.1, 0.15) is 0 Å². The second kappa shape index (κ2) is 4.55. The minimum atomic E-state index is -0.874. The number of rotatable bonds is 1. The van der Waals surface area contributed by atoms with E-state index >= 15 is 0 Å². The molecule has 15 heavy (non-hydrogen) atoms. The Labute approximate surface area is 101 Å². The molecule has 0 bridgehead atoms. The second-order valence-electron chi connectivity index (χ2n) is 3.28. The fourth-order valence-corrected chi connectivity index (χ4v) is 1.65. The summed E-state index contributed by atoms with van der Waals surface area (Å²) < 4.78 is 0. The molecular weight excluding hydrogens is 246 g/mol. The van der Waals surface area contributed by atoms with Crippen LogP contribution >= 0.6 is 0 Å². The maximum atomic E-state index is 10.9. The van der Waals surface area contributed by atoms with Gasteiger partial charge in [-0.05, 0) is 29.3 Å². The quantitative estimate of drug-likeness (QED) is 0.791. The topological polar surface area (TPSA) is 37.3 Å². The first-order chi connectivity index (χ1) is 6.70. The Morgan fingerprint density at radius 2 is 1.67 bits per heavy atom. The molecule has 2 rings (SSSR count). The standard InChI is InChI=1S/C12H10O2.Ga.3H/c1-8-4-2-6-10-9(8)5-3-7-11(10)12(13)14;;;;/h2-7H,1H3,(H,13,14);;;;. The van der Waals surface area contributed by atoms with Crippen LogP contribution in [-0.4, -0.2) is 30.9 Å². The molecule has 0 aliphatic heterocycles. The molecule has 1 N–H and O–H groups in total. The zero-order valence-electron chi connectivity index (χ0n) is 7.82. The molecule has 0 aliphatic rings. The molecular formula is C12H13GaO2. The summed E-state index contributed by atoms with van der Waals surface area (Å²) >= 11 is 0. The third-order valence-corrected chi connectivity index (χ3v) is 2.37. The summed E-state index contributed by atoms with van der Waals surface area (Å²) in [5.74, 6) is -0.874. The van der Waals surface area contributed by atoms with E-state index in [1.807, 2.05) is 31.2 Å². The maximum absolute atomic E-state index is 10.9.